The van der Waals surface area contributed by atoms with Gasteiger partial charge in [0.2, 0.25) is 0 Å². The van der Waals surface area contributed by atoms with Gasteiger partial charge in [0.05, 0.1) is 9.17 Å². The van der Waals surface area contributed by atoms with E-state index in [1.807, 2.05) is 11.4 Å². The lowest BCUT2D eigenvalue weighted by Gasteiger charge is -2.05. The highest BCUT2D eigenvalue weighted by molar-refractivity contribution is 9.11. The number of nitrogens with zero attached hydrogens (tertiary/aromatic N) is 2. The van der Waals surface area contributed by atoms with E-state index in [4.69, 9.17) is 11.6 Å². The molecule has 0 aliphatic carbocycles. The molecule has 0 fully saturated rings. The summed E-state index contributed by atoms with van der Waals surface area (Å²) in [6, 6.07) is 4.81. The van der Waals surface area contributed by atoms with E-state index in [1.165, 1.54) is 17.4 Å². The van der Waals surface area contributed by atoms with Gasteiger partial charge in [-0.05, 0) is 50.1 Å². The van der Waals surface area contributed by atoms with Crippen molar-refractivity contribution >= 4 is 65.7 Å². The zero-order chi connectivity index (χ0) is 13.6. The summed E-state index contributed by atoms with van der Waals surface area (Å²) in [6.07, 6.45) is 0. The van der Waals surface area contributed by atoms with Crippen LogP contribution in [0.15, 0.2) is 31.8 Å². The Labute approximate surface area is 133 Å². The number of halogens is 4. The van der Waals surface area contributed by atoms with Gasteiger partial charge in [0.15, 0.2) is 5.82 Å². The van der Waals surface area contributed by atoms with Crippen LogP contribution in [0.1, 0.15) is 0 Å². The van der Waals surface area contributed by atoms with Crippen molar-refractivity contribution < 1.29 is 4.39 Å². The first-order chi connectivity index (χ1) is 9.06. The molecule has 2 nitrogen and oxygen atoms in total. The molecule has 0 N–H and O–H groups in total. The number of hydrogen-bond acceptors (Lipinski definition) is 3. The smallest absolute Gasteiger partial charge is 0.162 e. The fourth-order valence-corrected chi connectivity index (χ4v) is 3.71. The Hall–Kier alpha value is -0.560. The molecule has 0 spiro atoms. The highest BCUT2D eigenvalue weighted by Crippen LogP contribution is 2.33. The topological polar surface area (TPSA) is 25.8 Å². The highest BCUT2D eigenvalue weighted by Gasteiger charge is 2.14. The summed E-state index contributed by atoms with van der Waals surface area (Å²) in [5.74, 6) is -0.00510. The Balaban J connectivity index is 2.33. The van der Waals surface area contributed by atoms with Crippen LogP contribution in [-0.4, -0.2) is 9.97 Å². The van der Waals surface area contributed by atoms with Crippen LogP contribution in [-0.2, 0) is 0 Å². The van der Waals surface area contributed by atoms with Crippen LogP contribution in [0.2, 0.25) is 5.15 Å². The van der Waals surface area contributed by atoms with Crippen LogP contribution in [0.25, 0.3) is 22.3 Å². The van der Waals surface area contributed by atoms with Crippen molar-refractivity contribution in [3.8, 4) is 11.4 Å². The van der Waals surface area contributed by atoms with Crippen molar-refractivity contribution in [2.75, 3.05) is 0 Å². The normalized spacial score (nSPS) is 11.2. The molecule has 2 aromatic heterocycles. The summed E-state index contributed by atoms with van der Waals surface area (Å²) in [4.78, 5) is 8.50. The summed E-state index contributed by atoms with van der Waals surface area (Å²) in [5.41, 5.74) is 1.02. The number of thiophene rings is 1. The molecule has 2 heterocycles. The zero-order valence-electron chi connectivity index (χ0n) is 9.12. The Kier molecular flexibility index (Phi) is 3.59. The third-order valence-corrected chi connectivity index (χ3v) is 4.97. The van der Waals surface area contributed by atoms with E-state index in [0.717, 1.165) is 9.35 Å². The van der Waals surface area contributed by atoms with E-state index in [9.17, 15) is 4.39 Å². The number of hydrogen-bond donors (Lipinski definition) is 0. The van der Waals surface area contributed by atoms with Gasteiger partial charge in [0.25, 0.3) is 0 Å². The van der Waals surface area contributed by atoms with E-state index in [1.54, 1.807) is 6.07 Å². The lowest BCUT2D eigenvalue weighted by Crippen LogP contribution is -1.94. The van der Waals surface area contributed by atoms with E-state index in [0.29, 0.717) is 15.7 Å². The molecule has 0 atom stereocenters. The Morgan fingerprint density at radius 1 is 1.21 bits per heavy atom. The van der Waals surface area contributed by atoms with Crippen LogP contribution in [0.4, 0.5) is 4.39 Å². The summed E-state index contributed by atoms with van der Waals surface area (Å²) in [7, 11) is 0. The van der Waals surface area contributed by atoms with E-state index in [-0.39, 0.29) is 10.7 Å². The average Bonchev–Trinajstić information content (AvgIpc) is 2.80. The van der Waals surface area contributed by atoms with E-state index >= 15 is 0 Å². The summed E-state index contributed by atoms with van der Waals surface area (Å²) < 4.78 is 15.5. The van der Waals surface area contributed by atoms with Crippen molar-refractivity contribution in [2.24, 2.45) is 0 Å². The molecule has 0 bridgehead atoms. The molecule has 0 radical (unpaired) electrons. The molecular formula is C12H4Br2ClFN2S. The molecule has 3 aromatic rings. The lowest BCUT2D eigenvalue weighted by atomic mass is 10.2. The molecule has 0 aliphatic rings. The van der Waals surface area contributed by atoms with E-state index < -0.39 is 5.82 Å². The lowest BCUT2D eigenvalue weighted by molar-refractivity contribution is 0.636. The molecular weight excluding hydrogens is 418 g/mol. The Bertz CT molecular complexity index is 791. The molecule has 3 rings (SSSR count). The second kappa shape index (κ2) is 5.09. The number of fused-ring (bicyclic) bond motifs is 1. The van der Waals surface area contributed by atoms with Gasteiger partial charge in [-0.2, -0.15) is 0 Å². The molecule has 0 amide bonds. The maximum atomic E-state index is 13.9. The predicted molar refractivity (Wildman–Crippen MR) is 83.2 cm³/mol. The van der Waals surface area contributed by atoms with Crippen LogP contribution in [0.5, 0.6) is 0 Å². The fraction of sp³-hybridized carbons (Fsp3) is 0. The molecule has 0 saturated heterocycles. The third kappa shape index (κ3) is 2.42. The molecule has 19 heavy (non-hydrogen) atoms. The zero-order valence-corrected chi connectivity index (χ0v) is 13.9. The standard InChI is InChI=1S/C12H4Br2ClFN2S/c13-6-1-2-7(16)10-9(6)11(15)18-12(17-10)5-3-8(14)19-4-5/h1-4H. The van der Waals surface area contributed by atoms with Gasteiger partial charge in [-0.1, -0.05) is 11.6 Å². The number of aromatic nitrogens is 2. The Morgan fingerprint density at radius 2 is 2.00 bits per heavy atom. The van der Waals surface area contributed by atoms with Gasteiger partial charge in [-0.25, -0.2) is 14.4 Å². The minimum Gasteiger partial charge on any atom is -0.225 e. The van der Waals surface area contributed by atoms with E-state index in [2.05, 4.69) is 41.8 Å². The molecule has 0 aliphatic heterocycles. The van der Waals surface area contributed by atoms with Crippen molar-refractivity contribution in [1.82, 2.24) is 9.97 Å². The van der Waals surface area contributed by atoms with Gasteiger partial charge in [-0.3, -0.25) is 0 Å². The first kappa shape index (κ1) is 13.4. The highest BCUT2D eigenvalue weighted by atomic mass is 79.9. The molecule has 0 saturated carbocycles. The van der Waals surface area contributed by atoms with Crippen LogP contribution >= 0.6 is 54.8 Å². The van der Waals surface area contributed by atoms with Crippen molar-refractivity contribution in [1.29, 1.82) is 0 Å². The summed E-state index contributed by atoms with van der Waals surface area (Å²) in [6.45, 7) is 0. The minimum absolute atomic E-state index is 0.215. The van der Waals surface area contributed by atoms with Gasteiger partial charge in [-0.15, -0.1) is 11.3 Å². The Morgan fingerprint density at radius 3 is 2.68 bits per heavy atom. The molecule has 0 unspecified atom stereocenters. The van der Waals surface area contributed by atoms with Crippen molar-refractivity contribution in [2.45, 2.75) is 0 Å². The summed E-state index contributed by atoms with van der Waals surface area (Å²) >= 11 is 14.4. The van der Waals surface area contributed by atoms with Gasteiger partial charge in [0, 0.05) is 15.4 Å². The first-order valence-corrected chi connectivity index (χ1v) is 7.96. The van der Waals surface area contributed by atoms with Gasteiger partial charge < -0.3 is 0 Å². The van der Waals surface area contributed by atoms with Crippen molar-refractivity contribution in [3.63, 3.8) is 0 Å². The third-order valence-electron chi connectivity index (χ3n) is 2.53. The quantitative estimate of drug-likeness (QED) is 0.472. The predicted octanol–water partition coefficient (Wildman–Crippen LogP) is 5.68. The fourth-order valence-electron chi connectivity index (χ4n) is 1.68. The molecule has 96 valence electrons. The SMILES string of the molecule is Fc1ccc(Br)c2c(Cl)nc(-c3csc(Br)c3)nc12. The van der Waals surface area contributed by atoms with Gasteiger partial charge >= 0.3 is 0 Å². The first-order valence-electron chi connectivity index (χ1n) is 5.12. The second-order valence-corrected chi connectivity index (χ2v) is 7.23. The number of benzene rings is 1. The van der Waals surface area contributed by atoms with Crippen LogP contribution in [0, 0.1) is 5.82 Å². The maximum Gasteiger partial charge on any atom is 0.162 e. The summed E-state index contributed by atoms with van der Waals surface area (Å²) in [5, 5.41) is 2.60. The molecule has 7 heteroatoms. The van der Waals surface area contributed by atoms with Crippen LogP contribution < -0.4 is 0 Å². The minimum atomic E-state index is -0.418. The monoisotopic (exact) mass is 420 g/mol. The largest absolute Gasteiger partial charge is 0.225 e. The molecule has 1 aromatic carbocycles. The van der Waals surface area contributed by atoms with Gasteiger partial charge in [0.1, 0.15) is 16.5 Å². The van der Waals surface area contributed by atoms with Crippen molar-refractivity contribution in [3.05, 3.63) is 42.8 Å². The average molecular weight is 423 g/mol. The van der Waals surface area contributed by atoms with Crippen LogP contribution in [0.3, 0.4) is 0 Å². The number of rotatable bonds is 1. The maximum absolute atomic E-state index is 13.9. The second-order valence-electron chi connectivity index (χ2n) is 3.73.